The third-order valence-electron chi connectivity index (χ3n) is 5.06. The Balaban J connectivity index is 1.96. The Bertz CT molecular complexity index is 259. The van der Waals surface area contributed by atoms with Crippen LogP contribution in [-0.4, -0.2) is 42.8 Å². The molecule has 0 aromatic rings. The summed E-state index contributed by atoms with van der Waals surface area (Å²) in [6, 6.07) is 1.49. The van der Waals surface area contributed by atoms with Gasteiger partial charge in [-0.15, -0.1) is 0 Å². The zero-order chi connectivity index (χ0) is 13.1. The molecule has 18 heavy (non-hydrogen) atoms. The summed E-state index contributed by atoms with van der Waals surface area (Å²) in [6.07, 6.45) is 8.02. The molecule has 2 aliphatic rings. The molecule has 0 aromatic carbocycles. The molecule has 2 rings (SSSR count). The summed E-state index contributed by atoms with van der Waals surface area (Å²) in [6.45, 7) is 5.41. The lowest BCUT2D eigenvalue weighted by atomic mass is 9.79. The zero-order valence-corrected chi connectivity index (χ0v) is 12.3. The molecule has 2 fully saturated rings. The third kappa shape index (κ3) is 3.06. The van der Waals surface area contributed by atoms with Crippen molar-refractivity contribution in [2.24, 2.45) is 11.7 Å². The Kier molecular flexibility index (Phi) is 5.05. The predicted molar refractivity (Wildman–Crippen MR) is 75.6 cm³/mol. The molecule has 5 unspecified atom stereocenters. The van der Waals surface area contributed by atoms with Gasteiger partial charge in [0, 0.05) is 24.7 Å². The van der Waals surface area contributed by atoms with Crippen LogP contribution in [0, 0.1) is 5.92 Å². The van der Waals surface area contributed by atoms with E-state index in [1.165, 1.54) is 38.5 Å². The number of nitrogens with two attached hydrogens (primary N) is 1. The topological polar surface area (TPSA) is 38.5 Å². The van der Waals surface area contributed by atoms with Crippen LogP contribution >= 0.6 is 0 Å². The quantitative estimate of drug-likeness (QED) is 0.837. The van der Waals surface area contributed by atoms with E-state index < -0.39 is 0 Å². The Morgan fingerprint density at radius 3 is 2.61 bits per heavy atom. The zero-order valence-electron chi connectivity index (χ0n) is 12.3. The molecule has 1 saturated heterocycles. The minimum absolute atomic E-state index is 0.357. The first-order valence-corrected chi connectivity index (χ1v) is 7.72. The van der Waals surface area contributed by atoms with Gasteiger partial charge in [0.25, 0.3) is 0 Å². The van der Waals surface area contributed by atoms with Gasteiger partial charge in [0.1, 0.15) is 0 Å². The van der Waals surface area contributed by atoms with E-state index in [9.17, 15) is 0 Å². The average Bonchev–Trinajstić information content (AvgIpc) is 2.77. The van der Waals surface area contributed by atoms with Crippen molar-refractivity contribution in [3.05, 3.63) is 0 Å². The van der Waals surface area contributed by atoms with Crippen molar-refractivity contribution in [1.82, 2.24) is 4.90 Å². The highest BCUT2D eigenvalue weighted by atomic mass is 16.5. The van der Waals surface area contributed by atoms with Gasteiger partial charge in [-0.2, -0.15) is 0 Å². The van der Waals surface area contributed by atoms with E-state index in [1.807, 2.05) is 0 Å². The van der Waals surface area contributed by atoms with Crippen LogP contribution in [0.25, 0.3) is 0 Å². The number of likely N-dealkylation sites (N-methyl/N-ethyl adjacent to an activating group) is 1. The van der Waals surface area contributed by atoms with Crippen LogP contribution in [0.15, 0.2) is 0 Å². The molecule has 0 radical (unpaired) electrons. The first-order chi connectivity index (χ1) is 8.63. The second-order valence-electron chi connectivity index (χ2n) is 6.30. The van der Waals surface area contributed by atoms with Crippen molar-refractivity contribution in [3.8, 4) is 0 Å². The predicted octanol–water partition coefficient (Wildman–Crippen LogP) is 2.39. The molecule has 1 saturated carbocycles. The van der Waals surface area contributed by atoms with E-state index in [0.717, 1.165) is 12.5 Å². The van der Waals surface area contributed by atoms with Gasteiger partial charge >= 0.3 is 0 Å². The second-order valence-corrected chi connectivity index (χ2v) is 6.30. The Hall–Kier alpha value is -0.120. The molecule has 1 aliphatic carbocycles. The highest BCUT2D eigenvalue weighted by Gasteiger charge is 2.37. The van der Waals surface area contributed by atoms with Crippen molar-refractivity contribution in [1.29, 1.82) is 0 Å². The minimum atomic E-state index is 0.357. The molecule has 2 N–H and O–H groups in total. The van der Waals surface area contributed by atoms with Gasteiger partial charge in [0.2, 0.25) is 0 Å². The SMILES string of the molecule is CCCC1CCC(N)C(N(C)C2CCOC2C)C1. The lowest BCUT2D eigenvalue weighted by molar-refractivity contribution is 0.0435. The summed E-state index contributed by atoms with van der Waals surface area (Å²) in [4.78, 5) is 2.53. The van der Waals surface area contributed by atoms with Gasteiger partial charge < -0.3 is 10.5 Å². The molecular weight excluding hydrogens is 224 g/mol. The van der Waals surface area contributed by atoms with Crippen LogP contribution in [0.5, 0.6) is 0 Å². The normalized spacial score (nSPS) is 41.5. The van der Waals surface area contributed by atoms with Crippen molar-refractivity contribution in [2.75, 3.05) is 13.7 Å². The van der Waals surface area contributed by atoms with Crippen molar-refractivity contribution >= 4 is 0 Å². The molecule has 1 aliphatic heterocycles. The monoisotopic (exact) mass is 254 g/mol. The highest BCUT2D eigenvalue weighted by Crippen LogP contribution is 2.32. The van der Waals surface area contributed by atoms with E-state index in [2.05, 4.69) is 25.8 Å². The smallest absolute Gasteiger partial charge is 0.0703 e. The summed E-state index contributed by atoms with van der Waals surface area (Å²) in [7, 11) is 2.26. The van der Waals surface area contributed by atoms with Gasteiger partial charge in [0.05, 0.1) is 6.10 Å². The number of nitrogens with zero attached hydrogens (tertiary/aromatic N) is 1. The van der Waals surface area contributed by atoms with Gasteiger partial charge in [-0.05, 0) is 45.6 Å². The molecule has 3 nitrogen and oxygen atoms in total. The summed E-state index contributed by atoms with van der Waals surface area (Å²) in [5.41, 5.74) is 6.37. The third-order valence-corrected chi connectivity index (χ3v) is 5.06. The fourth-order valence-corrected chi connectivity index (χ4v) is 3.89. The summed E-state index contributed by atoms with van der Waals surface area (Å²) >= 11 is 0. The summed E-state index contributed by atoms with van der Waals surface area (Å²) in [5, 5.41) is 0. The Morgan fingerprint density at radius 1 is 1.22 bits per heavy atom. The molecular formula is C15H30N2O. The summed E-state index contributed by atoms with van der Waals surface area (Å²) in [5.74, 6) is 0.889. The van der Waals surface area contributed by atoms with Crippen LogP contribution in [-0.2, 0) is 4.74 Å². The molecule has 106 valence electrons. The average molecular weight is 254 g/mol. The Morgan fingerprint density at radius 2 is 2.00 bits per heavy atom. The maximum atomic E-state index is 6.37. The summed E-state index contributed by atoms with van der Waals surface area (Å²) < 4.78 is 5.70. The van der Waals surface area contributed by atoms with Crippen LogP contribution < -0.4 is 5.73 Å². The number of ether oxygens (including phenoxy) is 1. The van der Waals surface area contributed by atoms with Gasteiger partial charge in [-0.1, -0.05) is 19.8 Å². The maximum absolute atomic E-state index is 6.37. The molecule has 0 spiro atoms. The van der Waals surface area contributed by atoms with E-state index in [4.69, 9.17) is 10.5 Å². The molecule has 0 amide bonds. The largest absolute Gasteiger partial charge is 0.377 e. The van der Waals surface area contributed by atoms with Crippen molar-refractivity contribution in [3.63, 3.8) is 0 Å². The van der Waals surface area contributed by atoms with E-state index in [-0.39, 0.29) is 0 Å². The lowest BCUT2D eigenvalue weighted by Crippen LogP contribution is -2.54. The van der Waals surface area contributed by atoms with Gasteiger partial charge in [-0.3, -0.25) is 4.90 Å². The Labute approximate surface area is 112 Å². The number of hydrogen-bond donors (Lipinski definition) is 1. The molecule has 0 aromatic heterocycles. The van der Waals surface area contributed by atoms with Crippen LogP contribution in [0.2, 0.25) is 0 Å². The van der Waals surface area contributed by atoms with Crippen molar-refractivity contribution in [2.45, 2.75) is 76.6 Å². The first-order valence-electron chi connectivity index (χ1n) is 7.72. The number of hydrogen-bond acceptors (Lipinski definition) is 3. The van der Waals surface area contributed by atoms with E-state index in [0.29, 0.717) is 24.2 Å². The van der Waals surface area contributed by atoms with E-state index in [1.54, 1.807) is 0 Å². The highest BCUT2D eigenvalue weighted by molar-refractivity contribution is 4.93. The van der Waals surface area contributed by atoms with Crippen LogP contribution in [0.4, 0.5) is 0 Å². The van der Waals surface area contributed by atoms with Crippen LogP contribution in [0.1, 0.15) is 52.4 Å². The van der Waals surface area contributed by atoms with E-state index >= 15 is 0 Å². The van der Waals surface area contributed by atoms with Gasteiger partial charge in [0.15, 0.2) is 0 Å². The van der Waals surface area contributed by atoms with Gasteiger partial charge in [-0.25, -0.2) is 0 Å². The fraction of sp³-hybridized carbons (Fsp3) is 1.00. The standard InChI is InChI=1S/C15H30N2O/c1-4-5-12-6-7-13(16)15(10-12)17(3)14-8-9-18-11(14)2/h11-15H,4-10,16H2,1-3H3. The second kappa shape index (κ2) is 6.36. The number of rotatable bonds is 4. The fourth-order valence-electron chi connectivity index (χ4n) is 3.89. The molecule has 5 atom stereocenters. The molecule has 3 heteroatoms. The lowest BCUT2D eigenvalue weighted by Gasteiger charge is -2.42. The van der Waals surface area contributed by atoms with Crippen LogP contribution in [0.3, 0.4) is 0 Å². The molecule has 0 bridgehead atoms. The van der Waals surface area contributed by atoms with Crippen molar-refractivity contribution < 1.29 is 4.74 Å². The first kappa shape index (κ1) is 14.3. The minimum Gasteiger partial charge on any atom is -0.377 e. The maximum Gasteiger partial charge on any atom is 0.0703 e. The molecule has 1 heterocycles.